The monoisotopic (exact) mass is 509 g/mol. The van der Waals surface area contributed by atoms with Crippen molar-refractivity contribution < 1.29 is 27.2 Å². The van der Waals surface area contributed by atoms with Crippen molar-refractivity contribution in [2.24, 2.45) is 10.9 Å². The first-order valence-corrected chi connectivity index (χ1v) is 12.1. The number of halogens is 4. The van der Waals surface area contributed by atoms with Crippen LogP contribution in [0.1, 0.15) is 38.2 Å². The lowest BCUT2D eigenvalue weighted by Crippen LogP contribution is -2.55. The van der Waals surface area contributed by atoms with Crippen LogP contribution >= 0.6 is 0 Å². The summed E-state index contributed by atoms with van der Waals surface area (Å²) in [6.07, 6.45) is -2.38. The van der Waals surface area contributed by atoms with Crippen LogP contribution in [0.15, 0.2) is 28.8 Å². The summed E-state index contributed by atoms with van der Waals surface area (Å²) in [7, 11) is 2.00. The molecule has 36 heavy (non-hydrogen) atoms. The van der Waals surface area contributed by atoms with Crippen LogP contribution in [0.4, 0.5) is 28.9 Å². The fraction of sp³-hybridized carbons (Fsp3) is 0.560. The highest BCUT2D eigenvalue weighted by Crippen LogP contribution is 2.38. The number of amides is 2. The number of carbonyl (C=O) groups is 2. The Hall–Kier alpha value is -2.79. The van der Waals surface area contributed by atoms with Crippen molar-refractivity contribution in [2.75, 3.05) is 43.4 Å². The van der Waals surface area contributed by atoms with E-state index in [2.05, 4.69) is 20.5 Å². The molecule has 2 amide bonds. The maximum atomic E-state index is 15.4. The molecule has 7 nitrogen and oxygen atoms in total. The minimum Gasteiger partial charge on any atom is -0.367 e. The second-order valence-corrected chi connectivity index (χ2v) is 9.86. The molecule has 0 aromatic heterocycles. The summed E-state index contributed by atoms with van der Waals surface area (Å²) in [6.45, 7) is 6.65. The van der Waals surface area contributed by atoms with Crippen molar-refractivity contribution in [3.8, 4) is 0 Å². The number of likely N-dealkylation sites (N-methyl/N-ethyl adjacent to an activating group) is 1. The number of nitrogens with one attached hydrogen (secondary N) is 2. The van der Waals surface area contributed by atoms with Gasteiger partial charge in [-0.25, -0.2) is 9.38 Å². The fourth-order valence-electron chi connectivity index (χ4n) is 5.15. The molecule has 1 aromatic rings. The van der Waals surface area contributed by atoms with E-state index in [4.69, 9.17) is 0 Å². The molecule has 1 aromatic carbocycles. The number of alkyl halides is 3. The lowest BCUT2D eigenvalue weighted by atomic mass is 9.89. The second kappa shape index (κ2) is 10.3. The molecule has 3 aliphatic heterocycles. The number of nitrogens with zero attached hydrogens (tertiary/aromatic N) is 3. The van der Waals surface area contributed by atoms with Crippen molar-refractivity contribution in [1.29, 1.82) is 0 Å². The molecular formula is C25H31F4N5O2. The number of hydrogen-bond donors (Lipinski definition) is 2. The molecule has 196 valence electrons. The summed E-state index contributed by atoms with van der Waals surface area (Å²) in [6, 6.07) is 3.23. The maximum absolute atomic E-state index is 15.4. The fourth-order valence-corrected chi connectivity index (χ4v) is 5.15. The highest BCUT2D eigenvalue weighted by molar-refractivity contribution is 6.11. The van der Waals surface area contributed by atoms with Gasteiger partial charge in [0.15, 0.2) is 0 Å². The molecule has 3 aliphatic rings. The number of rotatable bonds is 4. The van der Waals surface area contributed by atoms with E-state index in [1.165, 1.54) is 6.07 Å². The average molecular weight is 510 g/mol. The largest absolute Gasteiger partial charge is 0.414 e. The second-order valence-electron chi connectivity index (χ2n) is 9.86. The van der Waals surface area contributed by atoms with Crippen LogP contribution < -0.4 is 15.5 Å². The number of anilines is 2. The quantitative estimate of drug-likeness (QED) is 0.608. The summed E-state index contributed by atoms with van der Waals surface area (Å²) in [5.74, 6) is -4.29. The number of piperidine rings is 1. The van der Waals surface area contributed by atoms with Gasteiger partial charge in [0.05, 0.1) is 16.9 Å². The molecule has 0 bridgehead atoms. The van der Waals surface area contributed by atoms with Gasteiger partial charge in [-0.3, -0.25) is 14.5 Å². The zero-order chi connectivity index (χ0) is 26.2. The van der Waals surface area contributed by atoms with Gasteiger partial charge in [0.25, 0.3) is 5.91 Å². The summed E-state index contributed by atoms with van der Waals surface area (Å²) in [5.41, 5.74) is -0.161. The van der Waals surface area contributed by atoms with Gasteiger partial charge in [0, 0.05) is 37.5 Å². The van der Waals surface area contributed by atoms with Crippen molar-refractivity contribution in [3.05, 3.63) is 35.2 Å². The molecule has 3 heterocycles. The van der Waals surface area contributed by atoms with E-state index in [0.29, 0.717) is 43.3 Å². The summed E-state index contributed by atoms with van der Waals surface area (Å²) >= 11 is 0. The van der Waals surface area contributed by atoms with Crippen molar-refractivity contribution in [2.45, 2.75) is 50.9 Å². The molecule has 0 spiro atoms. The first kappa shape index (κ1) is 26.3. The van der Waals surface area contributed by atoms with Gasteiger partial charge >= 0.3 is 6.18 Å². The number of dihydropyridines is 1. The minimum absolute atomic E-state index is 0.0687. The summed E-state index contributed by atoms with van der Waals surface area (Å²) in [5, 5.41) is 5.86. The maximum Gasteiger partial charge on any atom is 0.414 e. The Kier molecular flexibility index (Phi) is 7.51. The van der Waals surface area contributed by atoms with Crippen molar-refractivity contribution in [1.82, 2.24) is 10.2 Å². The third-order valence-corrected chi connectivity index (χ3v) is 7.43. The Balaban J connectivity index is 1.71. The van der Waals surface area contributed by atoms with E-state index in [-0.39, 0.29) is 23.7 Å². The number of hydrogen-bond acceptors (Lipinski definition) is 5. The van der Waals surface area contributed by atoms with Crippen LogP contribution in [0.25, 0.3) is 0 Å². The Bertz CT molecular complexity index is 1070. The number of carbonyl (C=O) groups excluding carboxylic acids is 2. The van der Waals surface area contributed by atoms with Crippen LogP contribution in [0.5, 0.6) is 0 Å². The molecule has 1 unspecified atom stereocenters. The predicted octanol–water partition coefficient (Wildman–Crippen LogP) is 3.48. The van der Waals surface area contributed by atoms with E-state index in [1.807, 2.05) is 25.8 Å². The van der Waals surface area contributed by atoms with Gasteiger partial charge in [0.1, 0.15) is 11.7 Å². The lowest BCUT2D eigenvalue weighted by molar-refractivity contribution is -0.124. The molecule has 3 atom stereocenters. The normalized spacial score (nSPS) is 26.2. The van der Waals surface area contributed by atoms with E-state index in [1.54, 1.807) is 6.07 Å². The standard InChI is InChI=1S/C25H31F4N5O2/c1-14-12-34(13-15(2)33(14)3)22-10-20(26)17(16-4-6-30-7-5-16)8-21(22)32-24(36)18-11-31-23(35)9-19(18)25(27,28)29/h8-11,14-16,18,30H,4-7,12-13H2,1-3H3,(H,32,36)/t14-,15+,18?. The van der Waals surface area contributed by atoms with Crippen LogP contribution in [-0.2, 0) is 9.59 Å². The van der Waals surface area contributed by atoms with Crippen LogP contribution in [0.3, 0.4) is 0 Å². The van der Waals surface area contributed by atoms with Gasteiger partial charge in [-0.15, -0.1) is 0 Å². The minimum atomic E-state index is -4.88. The molecule has 2 N–H and O–H groups in total. The predicted molar refractivity (Wildman–Crippen MR) is 130 cm³/mol. The molecule has 0 saturated carbocycles. The van der Waals surface area contributed by atoms with Crippen molar-refractivity contribution in [3.63, 3.8) is 0 Å². The van der Waals surface area contributed by atoms with Crippen LogP contribution in [0, 0.1) is 11.7 Å². The summed E-state index contributed by atoms with van der Waals surface area (Å²) in [4.78, 5) is 32.2. The van der Waals surface area contributed by atoms with Gasteiger partial charge in [-0.2, -0.15) is 13.2 Å². The molecule has 0 radical (unpaired) electrons. The SMILES string of the molecule is C[C@@H]1CN(c2cc(F)c(C3CCNCC3)cc2NC(=O)C2C=NC(=O)C=C2C(F)(F)F)C[C@H](C)N1C. The molecule has 4 rings (SSSR count). The van der Waals surface area contributed by atoms with Gasteiger partial charge in [-0.1, -0.05) is 0 Å². The Morgan fingerprint density at radius 2 is 1.78 bits per heavy atom. The first-order valence-electron chi connectivity index (χ1n) is 12.1. The number of aliphatic imine (C=N–C) groups is 1. The molecule has 2 fully saturated rings. The zero-order valence-electron chi connectivity index (χ0n) is 20.5. The third kappa shape index (κ3) is 5.46. The highest BCUT2D eigenvalue weighted by atomic mass is 19.4. The highest BCUT2D eigenvalue weighted by Gasteiger charge is 2.43. The molecule has 11 heteroatoms. The zero-order valence-corrected chi connectivity index (χ0v) is 20.5. The Morgan fingerprint density at radius 3 is 2.39 bits per heavy atom. The van der Waals surface area contributed by atoms with Crippen LogP contribution in [-0.4, -0.2) is 74.4 Å². The van der Waals surface area contributed by atoms with Gasteiger partial charge in [-0.05, 0) is 70.4 Å². The Morgan fingerprint density at radius 1 is 1.14 bits per heavy atom. The number of benzene rings is 1. The van der Waals surface area contributed by atoms with Gasteiger partial charge in [0.2, 0.25) is 5.91 Å². The smallest absolute Gasteiger partial charge is 0.367 e. The van der Waals surface area contributed by atoms with E-state index < -0.39 is 35.3 Å². The molecular weight excluding hydrogens is 478 g/mol. The van der Waals surface area contributed by atoms with Crippen LogP contribution in [0.2, 0.25) is 0 Å². The van der Waals surface area contributed by atoms with Gasteiger partial charge < -0.3 is 15.5 Å². The number of piperazine rings is 1. The lowest BCUT2D eigenvalue weighted by Gasteiger charge is -2.44. The van der Waals surface area contributed by atoms with E-state index in [9.17, 15) is 22.8 Å². The first-order chi connectivity index (χ1) is 17.0. The average Bonchev–Trinajstić information content (AvgIpc) is 2.83. The molecule has 2 saturated heterocycles. The van der Waals surface area contributed by atoms with Crippen molar-refractivity contribution >= 4 is 29.4 Å². The summed E-state index contributed by atoms with van der Waals surface area (Å²) < 4.78 is 56.2. The van der Waals surface area contributed by atoms with E-state index >= 15 is 4.39 Å². The topological polar surface area (TPSA) is 77.0 Å². The third-order valence-electron chi connectivity index (χ3n) is 7.43. The Labute approximate surface area is 207 Å². The molecule has 0 aliphatic carbocycles. The van der Waals surface area contributed by atoms with E-state index in [0.717, 1.165) is 19.3 Å².